The molecule has 0 unspecified atom stereocenters. The Morgan fingerprint density at radius 3 is 2.56 bits per heavy atom. The van der Waals surface area contributed by atoms with Crippen LogP contribution in [0.2, 0.25) is 0 Å². The first-order valence-corrected chi connectivity index (χ1v) is 7.50. The van der Waals surface area contributed by atoms with E-state index in [-0.39, 0.29) is 12.4 Å². The fraction of sp³-hybridized carbons (Fsp3) is 0.538. The third-order valence-electron chi connectivity index (χ3n) is 2.56. The Morgan fingerprint density at radius 1 is 1.22 bits per heavy atom. The molecule has 0 amide bonds. The van der Waals surface area contributed by atoms with Crippen LogP contribution in [0.3, 0.4) is 0 Å². The van der Waals surface area contributed by atoms with Gasteiger partial charge in [-0.1, -0.05) is 35.7 Å². The molecule has 5 heteroatoms. The van der Waals surface area contributed by atoms with E-state index < -0.39 is 0 Å². The van der Waals surface area contributed by atoms with Crippen LogP contribution in [-0.2, 0) is 6.54 Å². The van der Waals surface area contributed by atoms with Gasteiger partial charge in [0.15, 0.2) is 0 Å². The molecule has 0 aliphatic heterocycles. The summed E-state index contributed by atoms with van der Waals surface area (Å²) in [5, 5.41) is 3.44. The molecule has 0 aliphatic rings. The maximum atomic E-state index is 5.40. The SMILES string of the molecule is CCCCCNCc1cc(Br)cc(Br)c1OC.Cl. The Kier molecular flexibility index (Phi) is 10.2. The highest BCUT2D eigenvalue weighted by molar-refractivity contribution is 9.11. The highest BCUT2D eigenvalue weighted by Crippen LogP contribution is 2.32. The van der Waals surface area contributed by atoms with E-state index in [2.05, 4.69) is 50.2 Å². The average molecular weight is 402 g/mol. The molecular formula is C13H20Br2ClNO. The Bertz CT molecular complexity index is 361. The summed E-state index contributed by atoms with van der Waals surface area (Å²) in [4.78, 5) is 0. The molecule has 0 saturated heterocycles. The number of halogens is 3. The van der Waals surface area contributed by atoms with Gasteiger partial charge in [-0.25, -0.2) is 0 Å². The normalized spacial score (nSPS) is 10.0. The zero-order valence-electron chi connectivity index (χ0n) is 10.8. The van der Waals surface area contributed by atoms with E-state index in [1.807, 2.05) is 6.07 Å². The topological polar surface area (TPSA) is 21.3 Å². The maximum Gasteiger partial charge on any atom is 0.137 e. The molecule has 1 aromatic carbocycles. The number of rotatable bonds is 7. The standard InChI is InChI=1S/C13H19Br2NO.ClH/c1-3-4-5-6-16-9-10-7-11(14)8-12(15)13(10)17-2;/h7-8,16H,3-6,9H2,1-2H3;1H. The van der Waals surface area contributed by atoms with E-state index >= 15 is 0 Å². The molecule has 0 spiro atoms. The minimum atomic E-state index is 0. The summed E-state index contributed by atoms with van der Waals surface area (Å²) < 4.78 is 7.45. The second-order valence-corrected chi connectivity index (χ2v) is 5.73. The van der Waals surface area contributed by atoms with Crippen LogP contribution in [0.25, 0.3) is 0 Å². The number of nitrogens with one attached hydrogen (secondary N) is 1. The van der Waals surface area contributed by atoms with Gasteiger partial charge in [0, 0.05) is 16.6 Å². The molecule has 104 valence electrons. The van der Waals surface area contributed by atoms with Crippen molar-refractivity contribution in [1.82, 2.24) is 5.32 Å². The summed E-state index contributed by atoms with van der Waals surface area (Å²) in [6, 6.07) is 4.09. The molecule has 0 heterocycles. The molecule has 0 bridgehead atoms. The first kappa shape index (κ1) is 18.2. The van der Waals surface area contributed by atoms with Crippen LogP contribution in [0.15, 0.2) is 21.1 Å². The van der Waals surface area contributed by atoms with Gasteiger partial charge in [-0.05, 0) is 41.0 Å². The molecule has 1 rings (SSSR count). The highest BCUT2D eigenvalue weighted by Gasteiger charge is 2.08. The first-order valence-electron chi connectivity index (χ1n) is 5.91. The smallest absolute Gasteiger partial charge is 0.137 e. The third kappa shape index (κ3) is 5.91. The Balaban J connectivity index is 0.00000289. The van der Waals surface area contributed by atoms with Crippen molar-refractivity contribution in [2.75, 3.05) is 13.7 Å². The summed E-state index contributed by atoms with van der Waals surface area (Å²) in [7, 11) is 1.70. The van der Waals surface area contributed by atoms with Gasteiger partial charge < -0.3 is 10.1 Å². The number of hydrogen-bond donors (Lipinski definition) is 1. The molecular weight excluding hydrogens is 381 g/mol. The van der Waals surface area contributed by atoms with Crippen molar-refractivity contribution in [1.29, 1.82) is 0 Å². The molecule has 1 aromatic rings. The average Bonchev–Trinajstić information content (AvgIpc) is 2.28. The van der Waals surface area contributed by atoms with Crippen LogP contribution in [0.4, 0.5) is 0 Å². The van der Waals surface area contributed by atoms with E-state index in [4.69, 9.17) is 4.74 Å². The van der Waals surface area contributed by atoms with Gasteiger partial charge in [-0.2, -0.15) is 0 Å². The van der Waals surface area contributed by atoms with Crippen molar-refractivity contribution < 1.29 is 4.74 Å². The van der Waals surface area contributed by atoms with Crippen LogP contribution < -0.4 is 10.1 Å². The lowest BCUT2D eigenvalue weighted by Crippen LogP contribution is -2.15. The van der Waals surface area contributed by atoms with Gasteiger partial charge in [0.2, 0.25) is 0 Å². The van der Waals surface area contributed by atoms with E-state index in [1.165, 1.54) is 24.8 Å². The van der Waals surface area contributed by atoms with E-state index in [9.17, 15) is 0 Å². The van der Waals surface area contributed by atoms with Crippen LogP contribution >= 0.6 is 44.3 Å². The number of ether oxygens (including phenoxy) is 1. The molecule has 1 N–H and O–H groups in total. The minimum Gasteiger partial charge on any atom is -0.495 e. The van der Waals surface area contributed by atoms with Gasteiger partial charge in [-0.15, -0.1) is 12.4 Å². The van der Waals surface area contributed by atoms with Crippen molar-refractivity contribution in [3.05, 3.63) is 26.6 Å². The zero-order valence-corrected chi connectivity index (χ0v) is 14.8. The number of benzene rings is 1. The summed E-state index contributed by atoms with van der Waals surface area (Å²) in [5.41, 5.74) is 1.17. The summed E-state index contributed by atoms with van der Waals surface area (Å²) in [6.07, 6.45) is 3.77. The fourth-order valence-electron chi connectivity index (χ4n) is 1.70. The Hall–Kier alpha value is 0.230. The highest BCUT2D eigenvalue weighted by atomic mass is 79.9. The lowest BCUT2D eigenvalue weighted by Gasteiger charge is -2.12. The monoisotopic (exact) mass is 399 g/mol. The van der Waals surface area contributed by atoms with Crippen LogP contribution in [0, 0.1) is 0 Å². The molecule has 0 fully saturated rings. The number of unbranched alkanes of at least 4 members (excludes halogenated alkanes) is 2. The second kappa shape index (κ2) is 10.1. The molecule has 0 aromatic heterocycles. The lowest BCUT2D eigenvalue weighted by molar-refractivity contribution is 0.404. The van der Waals surface area contributed by atoms with Crippen molar-refractivity contribution in [2.24, 2.45) is 0 Å². The van der Waals surface area contributed by atoms with Crippen molar-refractivity contribution in [3.63, 3.8) is 0 Å². The summed E-state index contributed by atoms with van der Waals surface area (Å²) in [5.74, 6) is 0.913. The Labute approximate surface area is 133 Å². The van der Waals surface area contributed by atoms with Crippen LogP contribution in [-0.4, -0.2) is 13.7 Å². The number of methoxy groups -OCH3 is 1. The predicted molar refractivity (Wildman–Crippen MR) is 86.9 cm³/mol. The van der Waals surface area contributed by atoms with Crippen molar-refractivity contribution in [2.45, 2.75) is 32.7 Å². The maximum absolute atomic E-state index is 5.40. The quantitative estimate of drug-likeness (QED) is 0.655. The largest absolute Gasteiger partial charge is 0.495 e. The third-order valence-corrected chi connectivity index (χ3v) is 3.61. The first-order chi connectivity index (χ1) is 8.19. The molecule has 18 heavy (non-hydrogen) atoms. The lowest BCUT2D eigenvalue weighted by atomic mass is 10.2. The van der Waals surface area contributed by atoms with Gasteiger partial charge in [-0.3, -0.25) is 0 Å². The fourth-order valence-corrected chi connectivity index (χ4v) is 3.17. The van der Waals surface area contributed by atoms with Crippen LogP contribution in [0.5, 0.6) is 5.75 Å². The molecule has 2 nitrogen and oxygen atoms in total. The molecule has 0 aliphatic carbocycles. The van der Waals surface area contributed by atoms with Gasteiger partial charge in [0.1, 0.15) is 5.75 Å². The van der Waals surface area contributed by atoms with Gasteiger partial charge >= 0.3 is 0 Å². The molecule has 0 radical (unpaired) electrons. The van der Waals surface area contributed by atoms with Gasteiger partial charge in [0.25, 0.3) is 0 Å². The molecule has 0 atom stereocenters. The van der Waals surface area contributed by atoms with Crippen LogP contribution in [0.1, 0.15) is 31.7 Å². The van der Waals surface area contributed by atoms with Gasteiger partial charge in [0.05, 0.1) is 11.6 Å². The predicted octanol–water partition coefficient (Wildman–Crippen LogP) is 4.92. The van der Waals surface area contributed by atoms with Crippen molar-refractivity contribution in [3.8, 4) is 5.75 Å². The number of hydrogen-bond acceptors (Lipinski definition) is 2. The second-order valence-electron chi connectivity index (χ2n) is 3.96. The summed E-state index contributed by atoms with van der Waals surface area (Å²) >= 11 is 7.01. The van der Waals surface area contributed by atoms with E-state index in [1.54, 1.807) is 7.11 Å². The van der Waals surface area contributed by atoms with Crippen molar-refractivity contribution >= 4 is 44.3 Å². The van der Waals surface area contributed by atoms with E-state index in [0.717, 1.165) is 27.8 Å². The minimum absolute atomic E-state index is 0. The zero-order chi connectivity index (χ0) is 12.7. The Morgan fingerprint density at radius 2 is 1.94 bits per heavy atom. The summed E-state index contributed by atoms with van der Waals surface area (Å²) in [6.45, 7) is 4.11. The van der Waals surface area contributed by atoms with E-state index in [0.29, 0.717) is 0 Å². The molecule has 0 saturated carbocycles.